The summed E-state index contributed by atoms with van der Waals surface area (Å²) in [5, 5.41) is 9.04. The van der Waals surface area contributed by atoms with Gasteiger partial charge >= 0.3 is 0 Å². The van der Waals surface area contributed by atoms with Gasteiger partial charge in [0.15, 0.2) is 27.0 Å². The minimum Gasteiger partial charge on any atom is -0.335 e. The molecule has 6 aromatic rings. The first-order valence-electron chi connectivity index (χ1n) is 14.4. The molecular weight excluding hydrogens is 597 g/mol. The van der Waals surface area contributed by atoms with E-state index in [1.165, 1.54) is 12.3 Å². The van der Waals surface area contributed by atoms with Crippen LogP contribution in [0.4, 0.5) is 10.1 Å². The maximum Gasteiger partial charge on any atom is 0.227 e. The first-order valence-corrected chi connectivity index (χ1v) is 16.3. The van der Waals surface area contributed by atoms with Gasteiger partial charge in [-0.3, -0.25) is 14.9 Å². The molecule has 1 amide bonds. The Kier molecular flexibility index (Phi) is 7.09. The van der Waals surface area contributed by atoms with Crippen molar-refractivity contribution in [2.45, 2.75) is 31.1 Å². The van der Waals surface area contributed by atoms with Crippen LogP contribution in [-0.4, -0.2) is 55.7 Å². The molecule has 1 aliphatic carbocycles. The molecule has 5 N–H and O–H groups in total. The van der Waals surface area contributed by atoms with Gasteiger partial charge < -0.3 is 16.0 Å². The Morgan fingerprint density at radius 2 is 1.89 bits per heavy atom. The largest absolute Gasteiger partial charge is 0.335 e. The predicted molar refractivity (Wildman–Crippen MR) is 168 cm³/mol. The summed E-state index contributed by atoms with van der Waals surface area (Å²) in [4.78, 5) is 34.1. The highest BCUT2D eigenvalue weighted by Crippen LogP contribution is 2.33. The number of hydrogen-bond donors (Lipinski definition) is 4. The molecule has 1 atom stereocenters. The van der Waals surface area contributed by atoms with Crippen molar-refractivity contribution in [3.05, 3.63) is 72.4 Å². The van der Waals surface area contributed by atoms with E-state index in [2.05, 4.69) is 35.5 Å². The maximum absolute atomic E-state index is 14.7. The Morgan fingerprint density at radius 1 is 1.07 bits per heavy atom. The highest BCUT2D eigenvalue weighted by Gasteiger charge is 2.24. The van der Waals surface area contributed by atoms with E-state index in [4.69, 9.17) is 10.7 Å². The second kappa shape index (κ2) is 11.1. The van der Waals surface area contributed by atoms with Crippen LogP contribution in [0.3, 0.4) is 0 Å². The lowest BCUT2D eigenvalue weighted by Gasteiger charge is -2.12. The number of aromatic nitrogens is 7. The number of anilines is 1. The molecule has 0 saturated heterocycles. The second-order valence-corrected chi connectivity index (χ2v) is 13.4. The molecule has 7 rings (SSSR count). The van der Waals surface area contributed by atoms with Crippen molar-refractivity contribution < 1.29 is 17.6 Å². The van der Waals surface area contributed by atoms with Crippen molar-refractivity contribution >= 4 is 43.6 Å². The zero-order chi connectivity index (χ0) is 31.3. The molecule has 0 aliphatic heterocycles. The summed E-state index contributed by atoms with van der Waals surface area (Å²) in [6.07, 6.45) is 9.79. The highest BCUT2D eigenvalue weighted by molar-refractivity contribution is 7.90. The minimum absolute atomic E-state index is 0.0116. The minimum atomic E-state index is -3.66. The molecule has 1 saturated carbocycles. The molecule has 0 radical (unpaired) electrons. The smallest absolute Gasteiger partial charge is 0.227 e. The molecule has 45 heavy (non-hydrogen) atoms. The Morgan fingerprint density at radius 3 is 2.69 bits per heavy atom. The number of aromatic amines is 2. The van der Waals surface area contributed by atoms with E-state index >= 15 is 0 Å². The van der Waals surface area contributed by atoms with Crippen molar-refractivity contribution in [2.24, 2.45) is 11.7 Å². The fraction of sp³-hybridized carbons (Fsp3) is 0.226. The van der Waals surface area contributed by atoms with Crippen LogP contribution in [0.5, 0.6) is 0 Å². The van der Waals surface area contributed by atoms with E-state index in [1.54, 1.807) is 24.5 Å². The van der Waals surface area contributed by atoms with Crippen LogP contribution in [0.25, 0.3) is 56.1 Å². The van der Waals surface area contributed by atoms with Crippen LogP contribution in [-0.2, 0) is 14.6 Å². The monoisotopic (exact) mass is 625 g/mol. The SMILES string of the molecule is CS(=O)(=O)C(N)c1cc(F)cc(-c2ccnc3nc(-c4n[nH]c5ccc(-c6cncc(NC(=O)C7CCCC7)c6)nc45)[nH]c23)c1. The number of imidazole rings is 1. The normalized spacial score (nSPS) is 14.7. The number of pyridine rings is 3. The molecule has 1 aliphatic rings. The van der Waals surface area contributed by atoms with Gasteiger partial charge in [0.2, 0.25) is 5.91 Å². The number of benzene rings is 1. The summed E-state index contributed by atoms with van der Waals surface area (Å²) < 4.78 is 38.8. The molecule has 5 aromatic heterocycles. The van der Waals surface area contributed by atoms with E-state index in [0.29, 0.717) is 56.2 Å². The summed E-state index contributed by atoms with van der Waals surface area (Å²) in [5.41, 5.74) is 11.4. The standard InChI is InChI=1S/C31H28FN9O3S/c1-45(43,44)28(33)18-10-17(11-20(32)12-18)22-8-9-35-29-25(22)38-30(39-29)27-26-24(40-41-27)7-6-23(37-26)19-13-21(15-34-14-19)36-31(42)16-4-2-3-5-16/h6-16,28H,2-5,33H2,1H3,(H,36,42)(H,40,41)(H,35,38,39). The fourth-order valence-electron chi connectivity index (χ4n) is 5.75. The molecule has 12 nitrogen and oxygen atoms in total. The van der Waals surface area contributed by atoms with Crippen LogP contribution in [0, 0.1) is 11.7 Å². The van der Waals surface area contributed by atoms with Crippen LogP contribution in [0.1, 0.15) is 36.6 Å². The first kappa shape index (κ1) is 28.7. The number of rotatable bonds is 7. The first-order chi connectivity index (χ1) is 21.6. The van der Waals surface area contributed by atoms with Gasteiger partial charge in [0.1, 0.15) is 16.7 Å². The Labute approximate surface area is 256 Å². The van der Waals surface area contributed by atoms with Gasteiger partial charge in [0.05, 0.1) is 28.6 Å². The van der Waals surface area contributed by atoms with Gasteiger partial charge in [-0.1, -0.05) is 12.8 Å². The molecule has 0 spiro atoms. The van der Waals surface area contributed by atoms with Gasteiger partial charge in [0.25, 0.3) is 0 Å². The number of hydrogen-bond acceptors (Lipinski definition) is 9. The number of carbonyl (C=O) groups is 1. The van der Waals surface area contributed by atoms with Gasteiger partial charge in [-0.05, 0) is 66.4 Å². The second-order valence-electron chi connectivity index (χ2n) is 11.3. The summed E-state index contributed by atoms with van der Waals surface area (Å²) in [5.74, 6) is -0.208. The van der Waals surface area contributed by atoms with Crippen molar-refractivity contribution in [3.63, 3.8) is 0 Å². The zero-order valence-corrected chi connectivity index (χ0v) is 24.9. The molecular formula is C31H28FN9O3S. The third-order valence-corrected chi connectivity index (χ3v) is 9.27. The average Bonchev–Trinajstić information content (AvgIpc) is 3.79. The van der Waals surface area contributed by atoms with E-state index in [0.717, 1.165) is 43.6 Å². The van der Waals surface area contributed by atoms with Gasteiger partial charge in [-0.25, -0.2) is 27.8 Å². The van der Waals surface area contributed by atoms with E-state index in [1.807, 2.05) is 18.2 Å². The van der Waals surface area contributed by atoms with Gasteiger partial charge in [-0.15, -0.1) is 0 Å². The van der Waals surface area contributed by atoms with E-state index in [-0.39, 0.29) is 17.4 Å². The number of nitrogens with two attached hydrogens (primary N) is 1. The average molecular weight is 626 g/mol. The Bertz CT molecular complexity index is 2210. The van der Waals surface area contributed by atoms with Crippen LogP contribution >= 0.6 is 0 Å². The number of fused-ring (bicyclic) bond motifs is 2. The molecule has 1 aromatic carbocycles. The lowest BCUT2D eigenvalue weighted by atomic mass is 10.0. The lowest BCUT2D eigenvalue weighted by molar-refractivity contribution is -0.119. The van der Waals surface area contributed by atoms with Crippen LogP contribution < -0.4 is 11.1 Å². The van der Waals surface area contributed by atoms with E-state index in [9.17, 15) is 17.6 Å². The van der Waals surface area contributed by atoms with Crippen molar-refractivity contribution in [2.75, 3.05) is 11.6 Å². The summed E-state index contributed by atoms with van der Waals surface area (Å²) in [7, 11) is -3.66. The molecule has 0 bridgehead atoms. The summed E-state index contributed by atoms with van der Waals surface area (Å²) in [6, 6.07) is 11.2. The topological polar surface area (TPSA) is 185 Å². The number of amides is 1. The number of nitrogens with one attached hydrogen (secondary N) is 3. The summed E-state index contributed by atoms with van der Waals surface area (Å²) >= 11 is 0. The number of carbonyl (C=O) groups excluding carboxylic acids is 1. The molecule has 5 heterocycles. The molecule has 1 fully saturated rings. The third-order valence-electron chi connectivity index (χ3n) is 8.07. The lowest BCUT2D eigenvalue weighted by Crippen LogP contribution is -2.20. The molecule has 228 valence electrons. The number of halogens is 1. The van der Waals surface area contributed by atoms with Crippen molar-refractivity contribution in [1.82, 2.24) is 35.1 Å². The van der Waals surface area contributed by atoms with Crippen molar-refractivity contribution in [1.29, 1.82) is 0 Å². The molecule has 14 heteroatoms. The van der Waals surface area contributed by atoms with Gasteiger partial charge in [0, 0.05) is 35.7 Å². The zero-order valence-electron chi connectivity index (χ0n) is 24.1. The van der Waals surface area contributed by atoms with Gasteiger partial charge in [-0.2, -0.15) is 5.10 Å². The van der Waals surface area contributed by atoms with Crippen LogP contribution in [0.2, 0.25) is 0 Å². The Balaban J connectivity index is 1.25. The highest BCUT2D eigenvalue weighted by atomic mass is 32.2. The Hall–Kier alpha value is -5.08. The quantitative estimate of drug-likeness (QED) is 0.192. The fourth-order valence-corrected chi connectivity index (χ4v) is 6.38. The summed E-state index contributed by atoms with van der Waals surface area (Å²) in [6.45, 7) is 0. The number of nitrogens with zero attached hydrogens (tertiary/aromatic N) is 5. The maximum atomic E-state index is 14.7. The van der Waals surface area contributed by atoms with Crippen LogP contribution in [0.15, 0.2) is 61.1 Å². The number of H-pyrrole nitrogens is 2. The predicted octanol–water partition coefficient (Wildman–Crippen LogP) is 4.89. The third kappa shape index (κ3) is 5.53. The van der Waals surface area contributed by atoms with E-state index < -0.39 is 21.0 Å². The number of sulfone groups is 1. The van der Waals surface area contributed by atoms with Crippen molar-refractivity contribution in [3.8, 4) is 33.9 Å². The molecule has 1 unspecified atom stereocenters.